The van der Waals surface area contributed by atoms with Crippen LogP contribution in [0.25, 0.3) is 11.1 Å². The zero-order valence-electron chi connectivity index (χ0n) is 11.6. The van der Waals surface area contributed by atoms with Crippen molar-refractivity contribution in [3.63, 3.8) is 0 Å². The van der Waals surface area contributed by atoms with E-state index >= 15 is 0 Å². The minimum Gasteiger partial charge on any atom is -0.296 e. The minimum atomic E-state index is 0.228. The third-order valence-corrected chi connectivity index (χ3v) is 3.88. The molecular weight excluding hydrogens is 246 g/mol. The fourth-order valence-electron chi connectivity index (χ4n) is 2.71. The van der Waals surface area contributed by atoms with Crippen LogP contribution in [-0.4, -0.2) is 30.3 Å². The van der Waals surface area contributed by atoms with Gasteiger partial charge in [-0.1, -0.05) is 54.6 Å². The maximum atomic E-state index is 12.2. The van der Waals surface area contributed by atoms with Gasteiger partial charge in [-0.3, -0.25) is 9.69 Å². The van der Waals surface area contributed by atoms with Gasteiger partial charge in [0.25, 0.3) is 0 Å². The lowest BCUT2D eigenvalue weighted by molar-refractivity contribution is 0.0945. The van der Waals surface area contributed by atoms with Crippen molar-refractivity contribution in [2.45, 2.75) is 12.8 Å². The Labute approximate surface area is 120 Å². The first-order chi connectivity index (χ1) is 9.83. The number of hydrogen-bond acceptors (Lipinski definition) is 2. The predicted octanol–water partition coefficient (Wildman–Crippen LogP) is 3.63. The van der Waals surface area contributed by atoms with Crippen LogP contribution in [0.1, 0.15) is 23.2 Å². The summed E-state index contributed by atoms with van der Waals surface area (Å²) in [5, 5.41) is 0. The van der Waals surface area contributed by atoms with Gasteiger partial charge in [0, 0.05) is 5.56 Å². The van der Waals surface area contributed by atoms with Gasteiger partial charge < -0.3 is 0 Å². The SMILES string of the molecule is O=C(CN1CCCC1)c1ccc(-c2ccccc2)cc1. The van der Waals surface area contributed by atoms with E-state index in [1.54, 1.807) is 0 Å². The molecule has 0 radical (unpaired) electrons. The highest BCUT2D eigenvalue weighted by molar-refractivity contribution is 5.98. The molecule has 0 bridgehead atoms. The molecule has 0 unspecified atom stereocenters. The van der Waals surface area contributed by atoms with Crippen molar-refractivity contribution in [1.29, 1.82) is 0 Å². The molecule has 1 saturated heterocycles. The van der Waals surface area contributed by atoms with Gasteiger partial charge in [-0.05, 0) is 37.1 Å². The highest BCUT2D eigenvalue weighted by Crippen LogP contribution is 2.19. The Bertz CT molecular complexity index is 568. The molecule has 0 aliphatic carbocycles. The van der Waals surface area contributed by atoms with E-state index < -0.39 is 0 Å². The fourth-order valence-corrected chi connectivity index (χ4v) is 2.71. The average Bonchev–Trinajstić information content (AvgIpc) is 3.01. The van der Waals surface area contributed by atoms with Crippen molar-refractivity contribution in [3.05, 3.63) is 60.2 Å². The Morgan fingerprint density at radius 3 is 2.10 bits per heavy atom. The first-order valence-electron chi connectivity index (χ1n) is 7.24. The number of carbonyl (C=O) groups excluding carboxylic acids is 1. The maximum Gasteiger partial charge on any atom is 0.176 e. The number of carbonyl (C=O) groups is 1. The molecule has 1 aliphatic rings. The number of likely N-dealkylation sites (tertiary alicyclic amines) is 1. The molecule has 2 aromatic carbocycles. The molecule has 0 aromatic heterocycles. The molecule has 102 valence electrons. The monoisotopic (exact) mass is 265 g/mol. The number of Topliss-reactive ketones (excluding diaryl/α,β-unsaturated/α-hetero) is 1. The van der Waals surface area contributed by atoms with E-state index in [1.807, 2.05) is 42.5 Å². The molecular formula is C18H19NO. The van der Waals surface area contributed by atoms with Crippen LogP contribution in [0, 0.1) is 0 Å². The Morgan fingerprint density at radius 1 is 0.850 bits per heavy atom. The largest absolute Gasteiger partial charge is 0.296 e. The van der Waals surface area contributed by atoms with E-state index in [2.05, 4.69) is 17.0 Å². The lowest BCUT2D eigenvalue weighted by Crippen LogP contribution is -2.26. The van der Waals surface area contributed by atoms with E-state index in [0.29, 0.717) is 6.54 Å². The van der Waals surface area contributed by atoms with E-state index in [0.717, 1.165) is 24.2 Å². The summed E-state index contributed by atoms with van der Waals surface area (Å²) in [6.07, 6.45) is 2.44. The second-order valence-corrected chi connectivity index (χ2v) is 5.35. The van der Waals surface area contributed by atoms with Crippen LogP contribution < -0.4 is 0 Å². The van der Waals surface area contributed by atoms with Gasteiger partial charge in [0.15, 0.2) is 5.78 Å². The van der Waals surface area contributed by atoms with Gasteiger partial charge >= 0.3 is 0 Å². The van der Waals surface area contributed by atoms with Crippen molar-refractivity contribution in [2.24, 2.45) is 0 Å². The predicted molar refractivity (Wildman–Crippen MR) is 81.9 cm³/mol. The lowest BCUT2D eigenvalue weighted by Gasteiger charge is -2.13. The van der Waals surface area contributed by atoms with E-state index in [9.17, 15) is 4.79 Å². The minimum absolute atomic E-state index is 0.228. The summed E-state index contributed by atoms with van der Waals surface area (Å²) in [7, 11) is 0. The summed E-state index contributed by atoms with van der Waals surface area (Å²) < 4.78 is 0. The van der Waals surface area contributed by atoms with Crippen LogP contribution >= 0.6 is 0 Å². The normalized spacial score (nSPS) is 15.4. The molecule has 0 amide bonds. The Hall–Kier alpha value is -1.93. The molecule has 3 rings (SSSR count). The van der Waals surface area contributed by atoms with Crippen molar-refractivity contribution < 1.29 is 4.79 Å². The average molecular weight is 265 g/mol. The second-order valence-electron chi connectivity index (χ2n) is 5.35. The zero-order valence-corrected chi connectivity index (χ0v) is 11.6. The van der Waals surface area contributed by atoms with Gasteiger partial charge in [-0.2, -0.15) is 0 Å². The number of ketones is 1. The van der Waals surface area contributed by atoms with Crippen LogP contribution in [0.3, 0.4) is 0 Å². The summed E-state index contributed by atoms with van der Waals surface area (Å²) in [6, 6.07) is 18.2. The molecule has 20 heavy (non-hydrogen) atoms. The van der Waals surface area contributed by atoms with Gasteiger partial charge in [-0.15, -0.1) is 0 Å². The van der Waals surface area contributed by atoms with Gasteiger partial charge in [0.1, 0.15) is 0 Å². The quantitative estimate of drug-likeness (QED) is 0.787. The van der Waals surface area contributed by atoms with E-state index in [4.69, 9.17) is 0 Å². The summed E-state index contributed by atoms with van der Waals surface area (Å²) in [5.41, 5.74) is 3.16. The van der Waals surface area contributed by atoms with E-state index in [1.165, 1.54) is 18.4 Å². The van der Waals surface area contributed by atoms with Gasteiger partial charge in [0.05, 0.1) is 6.54 Å². The van der Waals surface area contributed by atoms with E-state index in [-0.39, 0.29) is 5.78 Å². The standard InChI is InChI=1S/C18H19NO/c20-18(14-19-12-4-5-13-19)17-10-8-16(9-11-17)15-6-2-1-3-7-15/h1-3,6-11H,4-5,12-14H2. The third kappa shape index (κ3) is 2.97. The smallest absolute Gasteiger partial charge is 0.176 e. The molecule has 0 N–H and O–H groups in total. The summed E-state index contributed by atoms with van der Waals surface area (Å²) >= 11 is 0. The van der Waals surface area contributed by atoms with Crippen LogP contribution in [-0.2, 0) is 0 Å². The number of nitrogens with zero attached hydrogens (tertiary/aromatic N) is 1. The highest BCUT2D eigenvalue weighted by atomic mass is 16.1. The molecule has 2 heteroatoms. The third-order valence-electron chi connectivity index (χ3n) is 3.88. The Kier molecular flexibility index (Phi) is 3.93. The van der Waals surface area contributed by atoms with Gasteiger partial charge in [0.2, 0.25) is 0 Å². The van der Waals surface area contributed by atoms with Crippen LogP contribution in [0.4, 0.5) is 0 Å². The Balaban J connectivity index is 1.71. The molecule has 0 saturated carbocycles. The molecule has 2 nitrogen and oxygen atoms in total. The molecule has 1 fully saturated rings. The Morgan fingerprint density at radius 2 is 1.45 bits per heavy atom. The van der Waals surface area contributed by atoms with Crippen LogP contribution in [0.2, 0.25) is 0 Å². The fraction of sp³-hybridized carbons (Fsp3) is 0.278. The summed E-state index contributed by atoms with van der Waals surface area (Å²) in [4.78, 5) is 14.5. The number of benzene rings is 2. The molecule has 2 aromatic rings. The van der Waals surface area contributed by atoms with Gasteiger partial charge in [-0.25, -0.2) is 0 Å². The van der Waals surface area contributed by atoms with Crippen LogP contribution in [0.15, 0.2) is 54.6 Å². The molecule has 1 aliphatic heterocycles. The second kappa shape index (κ2) is 6.02. The zero-order chi connectivity index (χ0) is 13.8. The first-order valence-corrected chi connectivity index (χ1v) is 7.24. The van der Waals surface area contributed by atoms with Crippen molar-refractivity contribution in [2.75, 3.05) is 19.6 Å². The number of rotatable bonds is 4. The lowest BCUT2D eigenvalue weighted by atomic mass is 10.0. The highest BCUT2D eigenvalue weighted by Gasteiger charge is 2.16. The first kappa shape index (κ1) is 13.1. The van der Waals surface area contributed by atoms with Crippen molar-refractivity contribution >= 4 is 5.78 Å². The molecule has 0 spiro atoms. The van der Waals surface area contributed by atoms with Crippen molar-refractivity contribution in [1.82, 2.24) is 4.90 Å². The van der Waals surface area contributed by atoms with Crippen molar-refractivity contribution in [3.8, 4) is 11.1 Å². The summed E-state index contributed by atoms with van der Waals surface area (Å²) in [5.74, 6) is 0.228. The summed E-state index contributed by atoms with van der Waals surface area (Å²) in [6.45, 7) is 2.69. The van der Waals surface area contributed by atoms with Crippen LogP contribution in [0.5, 0.6) is 0 Å². The molecule has 1 heterocycles. The maximum absolute atomic E-state index is 12.2. The molecule has 0 atom stereocenters. The topological polar surface area (TPSA) is 20.3 Å². The number of hydrogen-bond donors (Lipinski definition) is 0.